The first-order chi connectivity index (χ1) is 13.5. The van der Waals surface area contributed by atoms with Crippen LogP contribution in [0.25, 0.3) is 5.69 Å². The smallest absolute Gasteiger partial charge is 0.352 e. The van der Waals surface area contributed by atoms with Gasteiger partial charge in [0.1, 0.15) is 5.69 Å². The Morgan fingerprint density at radius 3 is 2.29 bits per heavy atom. The number of benzene rings is 2. The van der Waals surface area contributed by atoms with Crippen molar-refractivity contribution in [2.24, 2.45) is 0 Å². The fourth-order valence-electron chi connectivity index (χ4n) is 2.73. The highest BCUT2D eigenvalue weighted by Crippen LogP contribution is 2.32. The average molecular weight is 404 g/mol. The van der Waals surface area contributed by atoms with E-state index in [-0.39, 0.29) is 12.4 Å². The number of hydrogen-bond acceptors (Lipinski definition) is 6. The van der Waals surface area contributed by atoms with Crippen LogP contribution in [0.4, 0.5) is 0 Å². The number of hydrogen-bond donors (Lipinski definition) is 0. The van der Waals surface area contributed by atoms with Gasteiger partial charge in [-0.15, -0.1) is 5.10 Å². The van der Waals surface area contributed by atoms with Crippen LogP contribution in [0.5, 0.6) is 17.4 Å². The van der Waals surface area contributed by atoms with Gasteiger partial charge >= 0.3 is 11.2 Å². The molecule has 0 radical (unpaired) electrons. The number of methoxy groups -OCH3 is 3. The molecule has 0 unspecified atom stereocenters. The van der Waals surface area contributed by atoms with E-state index in [0.29, 0.717) is 22.2 Å². The molecule has 0 saturated carbocycles. The maximum absolute atomic E-state index is 13.1. The average Bonchev–Trinajstić information content (AvgIpc) is 2.72. The third kappa shape index (κ3) is 3.59. The van der Waals surface area contributed by atoms with E-state index >= 15 is 0 Å². The summed E-state index contributed by atoms with van der Waals surface area (Å²) in [5, 5.41) is 4.61. The fraction of sp³-hybridized carbons (Fsp3) is 0.211. The lowest BCUT2D eigenvalue weighted by molar-refractivity contribution is 0.347. The van der Waals surface area contributed by atoms with Crippen molar-refractivity contribution in [1.29, 1.82) is 0 Å². The van der Waals surface area contributed by atoms with Crippen LogP contribution in [0.1, 0.15) is 5.56 Å². The number of rotatable bonds is 6. The van der Waals surface area contributed by atoms with Gasteiger partial charge in [0, 0.05) is 5.02 Å². The standard InChI is InChI=1S/C19H18ClN3O5/c1-26-15-6-4-5-14(16(15)27-2)23-19(25)22(18(24)17(21-23)28-3)11-12-7-9-13(20)10-8-12/h4-10H,11H2,1-3H3. The Morgan fingerprint density at radius 2 is 1.68 bits per heavy atom. The van der Waals surface area contributed by atoms with Crippen LogP contribution in [0.15, 0.2) is 52.1 Å². The SMILES string of the molecule is COc1cccc(-n2nc(OC)c(=O)n(Cc3ccc(Cl)cc3)c2=O)c1OC. The zero-order valence-corrected chi connectivity index (χ0v) is 16.3. The number of ether oxygens (including phenoxy) is 3. The number of aromatic nitrogens is 3. The van der Waals surface area contributed by atoms with Gasteiger partial charge in [-0.05, 0) is 29.8 Å². The lowest BCUT2D eigenvalue weighted by atomic mass is 10.2. The van der Waals surface area contributed by atoms with Gasteiger partial charge in [-0.25, -0.2) is 9.36 Å². The predicted molar refractivity (Wildman–Crippen MR) is 104 cm³/mol. The third-order valence-electron chi connectivity index (χ3n) is 4.09. The molecule has 1 aromatic heterocycles. The van der Waals surface area contributed by atoms with Crippen LogP contribution in [-0.2, 0) is 6.54 Å². The van der Waals surface area contributed by atoms with E-state index in [1.54, 1.807) is 42.5 Å². The lowest BCUT2D eigenvalue weighted by Gasteiger charge is -2.15. The lowest BCUT2D eigenvalue weighted by Crippen LogP contribution is -2.41. The van der Waals surface area contributed by atoms with Crippen LogP contribution < -0.4 is 25.5 Å². The van der Waals surface area contributed by atoms with Gasteiger partial charge in [-0.3, -0.25) is 4.79 Å². The van der Waals surface area contributed by atoms with Crippen LogP contribution in [0, 0.1) is 0 Å². The van der Waals surface area contributed by atoms with Gasteiger partial charge in [0.05, 0.1) is 27.9 Å². The summed E-state index contributed by atoms with van der Waals surface area (Å²) in [5.74, 6) is 0.500. The van der Waals surface area contributed by atoms with E-state index in [2.05, 4.69) is 5.10 Å². The summed E-state index contributed by atoms with van der Waals surface area (Å²) < 4.78 is 17.8. The summed E-state index contributed by atoms with van der Waals surface area (Å²) in [5.41, 5.74) is -0.246. The summed E-state index contributed by atoms with van der Waals surface area (Å²) in [6, 6.07) is 11.8. The summed E-state index contributed by atoms with van der Waals surface area (Å²) in [6.07, 6.45) is 0. The molecule has 0 saturated heterocycles. The second kappa shape index (κ2) is 8.18. The molecular formula is C19H18ClN3O5. The van der Waals surface area contributed by atoms with E-state index in [1.165, 1.54) is 21.3 Å². The highest BCUT2D eigenvalue weighted by molar-refractivity contribution is 6.30. The van der Waals surface area contributed by atoms with E-state index in [9.17, 15) is 9.59 Å². The summed E-state index contributed by atoms with van der Waals surface area (Å²) >= 11 is 5.90. The van der Waals surface area contributed by atoms with Gasteiger partial charge in [0.25, 0.3) is 5.88 Å². The monoisotopic (exact) mass is 403 g/mol. The molecule has 0 spiro atoms. The molecule has 0 aliphatic carbocycles. The molecule has 0 N–H and O–H groups in total. The second-order valence-corrected chi connectivity index (χ2v) is 6.17. The van der Waals surface area contributed by atoms with Crippen molar-refractivity contribution < 1.29 is 14.2 Å². The minimum atomic E-state index is -0.646. The Bertz CT molecular complexity index is 1110. The molecule has 0 aliphatic heterocycles. The van der Waals surface area contributed by atoms with Crippen molar-refractivity contribution >= 4 is 11.6 Å². The van der Waals surface area contributed by atoms with Gasteiger partial charge in [0.15, 0.2) is 11.5 Å². The Balaban J connectivity index is 2.23. The van der Waals surface area contributed by atoms with E-state index in [1.807, 2.05) is 0 Å². The Hall–Kier alpha value is -3.26. The summed E-state index contributed by atoms with van der Waals surface area (Å²) in [6.45, 7) is 0.0278. The maximum Gasteiger partial charge on any atom is 0.352 e. The minimum absolute atomic E-state index is 0.0278. The predicted octanol–water partition coefficient (Wildman–Crippen LogP) is 2.12. The van der Waals surface area contributed by atoms with Crippen molar-refractivity contribution in [3.8, 4) is 23.1 Å². The molecule has 0 bridgehead atoms. The molecule has 0 fully saturated rings. The van der Waals surface area contributed by atoms with Gasteiger partial charge in [0.2, 0.25) is 0 Å². The number of para-hydroxylation sites is 1. The summed E-state index contributed by atoms with van der Waals surface area (Å²) in [7, 11) is 4.25. The second-order valence-electron chi connectivity index (χ2n) is 5.73. The van der Waals surface area contributed by atoms with Gasteiger partial charge in [-0.1, -0.05) is 29.8 Å². The van der Waals surface area contributed by atoms with Crippen molar-refractivity contribution in [3.05, 3.63) is 73.9 Å². The molecule has 0 aliphatic rings. The van der Waals surface area contributed by atoms with Crippen LogP contribution in [0.3, 0.4) is 0 Å². The molecule has 0 atom stereocenters. The van der Waals surface area contributed by atoms with Crippen molar-refractivity contribution in [1.82, 2.24) is 14.3 Å². The molecular weight excluding hydrogens is 386 g/mol. The van der Waals surface area contributed by atoms with Crippen molar-refractivity contribution in [2.45, 2.75) is 6.54 Å². The molecule has 146 valence electrons. The Labute approximate surface area is 165 Å². The summed E-state index contributed by atoms with van der Waals surface area (Å²) in [4.78, 5) is 25.7. The molecule has 1 heterocycles. The first-order valence-corrected chi connectivity index (χ1v) is 8.62. The molecule has 8 nitrogen and oxygen atoms in total. The van der Waals surface area contributed by atoms with Gasteiger partial charge in [-0.2, -0.15) is 4.68 Å². The van der Waals surface area contributed by atoms with E-state index in [4.69, 9.17) is 25.8 Å². The Morgan fingerprint density at radius 1 is 0.964 bits per heavy atom. The zero-order chi connectivity index (χ0) is 20.3. The zero-order valence-electron chi connectivity index (χ0n) is 15.5. The highest BCUT2D eigenvalue weighted by Gasteiger charge is 2.19. The highest BCUT2D eigenvalue weighted by atomic mass is 35.5. The Kier molecular flexibility index (Phi) is 5.70. The topological polar surface area (TPSA) is 84.6 Å². The molecule has 0 amide bonds. The normalized spacial score (nSPS) is 10.6. The molecule has 9 heteroatoms. The molecule has 3 rings (SSSR count). The van der Waals surface area contributed by atoms with Crippen LogP contribution in [-0.4, -0.2) is 35.7 Å². The minimum Gasteiger partial charge on any atom is -0.493 e. The largest absolute Gasteiger partial charge is 0.493 e. The number of nitrogens with zero attached hydrogens (tertiary/aromatic N) is 3. The first-order valence-electron chi connectivity index (χ1n) is 8.24. The van der Waals surface area contributed by atoms with Crippen LogP contribution >= 0.6 is 11.6 Å². The number of halogens is 1. The fourth-order valence-corrected chi connectivity index (χ4v) is 2.85. The molecule has 3 aromatic rings. The first kappa shape index (κ1) is 19.5. The molecule has 28 heavy (non-hydrogen) atoms. The van der Waals surface area contributed by atoms with E-state index < -0.39 is 11.2 Å². The maximum atomic E-state index is 13.1. The van der Waals surface area contributed by atoms with E-state index in [0.717, 1.165) is 14.8 Å². The quantitative estimate of drug-likeness (QED) is 0.626. The van der Waals surface area contributed by atoms with Gasteiger partial charge < -0.3 is 14.2 Å². The van der Waals surface area contributed by atoms with Crippen LogP contribution in [0.2, 0.25) is 5.02 Å². The van der Waals surface area contributed by atoms with Crippen molar-refractivity contribution in [3.63, 3.8) is 0 Å². The molecule has 2 aromatic carbocycles. The van der Waals surface area contributed by atoms with Crippen molar-refractivity contribution in [2.75, 3.05) is 21.3 Å². The third-order valence-corrected chi connectivity index (χ3v) is 4.34.